The molecule has 0 saturated carbocycles. The van der Waals surface area contributed by atoms with Crippen LogP contribution in [0.3, 0.4) is 0 Å². The fourth-order valence-electron chi connectivity index (χ4n) is 2.26. The van der Waals surface area contributed by atoms with Crippen LogP contribution < -0.4 is 4.74 Å². The van der Waals surface area contributed by atoms with Crippen LogP contribution in [-0.2, 0) is 0 Å². The summed E-state index contributed by atoms with van der Waals surface area (Å²) in [5.74, 6) is 0.118. The number of hydrogen-bond acceptors (Lipinski definition) is 6. The lowest BCUT2D eigenvalue weighted by Crippen LogP contribution is -2.07. The van der Waals surface area contributed by atoms with E-state index in [0.717, 1.165) is 22.6 Å². The monoisotopic (exact) mass is 358 g/mol. The Morgan fingerprint density at radius 3 is 2.80 bits per heavy atom. The molecule has 0 aliphatic carbocycles. The Labute approximate surface area is 148 Å². The van der Waals surface area contributed by atoms with E-state index < -0.39 is 5.97 Å². The van der Waals surface area contributed by atoms with E-state index in [9.17, 15) is 9.90 Å². The van der Waals surface area contributed by atoms with E-state index in [0.29, 0.717) is 29.0 Å². The van der Waals surface area contributed by atoms with E-state index in [1.54, 1.807) is 17.9 Å². The molecular formula is C17H18N4O3S. The van der Waals surface area contributed by atoms with Gasteiger partial charge in [-0.3, -0.25) is 0 Å². The third-order valence-corrected chi connectivity index (χ3v) is 4.63. The van der Waals surface area contributed by atoms with E-state index in [2.05, 4.69) is 28.9 Å². The van der Waals surface area contributed by atoms with Crippen LogP contribution in [0.15, 0.2) is 30.9 Å². The van der Waals surface area contributed by atoms with E-state index in [1.165, 1.54) is 6.33 Å². The number of carboxylic acids is 1. The van der Waals surface area contributed by atoms with Crippen LogP contribution in [0.1, 0.15) is 29.2 Å². The number of aromatic nitrogens is 4. The molecule has 0 saturated heterocycles. The molecule has 0 fully saturated rings. The van der Waals surface area contributed by atoms with Gasteiger partial charge in [-0.05, 0) is 31.0 Å². The van der Waals surface area contributed by atoms with Crippen LogP contribution in [0.5, 0.6) is 5.75 Å². The SMILES string of the molecule is Cc1nc(-c2ccc(OCC(C)C)c(-n3cncn3)c2)sc1C(=O)O. The molecule has 0 unspecified atom stereocenters. The van der Waals surface area contributed by atoms with Crippen LogP contribution in [0.25, 0.3) is 16.3 Å². The molecule has 0 atom stereocenters. The summed E-state index contributed by atoms with van der Waals surface area (Å²) in [6, 6.07) is 5.61. The molecule has 2 aromatic heterocycles. The van der Waals surface area contributed by atoms with E-state index >= 15 is 0 Å². The Morgan fingerprint density at radius 1 is 1.40 bits per heavy atom. The number of carbonyl (C=O) groups is 1. The van der Waals surface area contributed by atoms with E-state index in [1.807, 2.05) is 18.2 Å². The summed E-state index contributed by atoms with van der Waals surface area (Å²) in [7, 11) is 0. The van der Waals surface area contributed by atoms with Gasteiger partial charge in [-0.15, -0.1) is 11.3 Å². The van der Waals surface area contributed by atoms with Crippen molar-refractivity contribution in [3.8, 4) is 22.0 Å². The molecule has 130 valence electrons. The summed E-state index contributed by atoms with van der Waals surface area (Å²) in [6.45, 7) is 6.44. The average Bonchev–Trinajstić information content (AvgIpc) is 3.22. The molecule has 1 aromatic carbocycles. The van der Waals surface area contributed by atoms with Crippen LogP contribution in [-0.4, -0.2) is 37.4 Å². The van der Waals surface area contributed by atoms with Crippen molar-refractivity contribution in [3.05, 3.63) is 41.4 Å². The van der Waals surface area contributed by atoms with Gasteiger partial charge in [-0.1, -0.05) is 13.8 Å². The largest absolute Gasteiger partial charge is 0.491 e. The zero-order valence-electron chi connectivity index (χ0n) is 14.1. The first-order valence-corrected chi connectivity index (χ1v) is 8.60. The Kier molecular flexibility index (Phi) is 4.80. The molecule has 0 radical (unpaired) electrons. The molecular weight excluding hydrogens is 340 g/mol. The zero-order valence-corrected chi connectivity index (χ0v) is 14.9. The third-order valence-electron chi connectivity index (χ3n) is 3.43. The number of aryl methyl sites for hydroxylation is 1. The minimum atomic E-state index is -0.963. The van der Waals surface area contributed by atoms with Crippen LogP contribution in [0.2, 0.25) is 0 Å². The second kappa shape index (κ2) is 7.02. The molecule has 0 bridgehead atoms. The van der Waals surface area contributed by atoms with Crippen molar-refractivity contribution in [3.63, 3.8) is 0 Å². The smallest absolute Gasteiger partial charge is 0.347 e. The van der Waals surface area contributed by atoms with Crippen LogP contribution >= 0.6 is 11.3 Å². The molecule has 0 spiro atoms. The van der Waals surface area contributed by atoms with Gasteiger partial charge in [-0.25, -0.2) is 19.4 Å². The highest BCUT2D eigenvalue weighted by Gasteiger charge is 2.17. The number of ether oxygens (including phenoxy) is 1. The molecule has 7 nitrogen and oxygen atoms in total. The van der Waals surface area contributed by atoms with Gasteiger partial charge >= 0.3 is 5.97 Å². The van der Waals surface area contributed by atoms with Gasteiger partial charge < -0.3 is 9.84 Å². The molecule has 1 N–H and O–H groups in total. The lowest BCUT2D eigenvalue weighted by molar-refractivity contribution is 0.0701. The van der Waals surface area contributed by atoms with Crippen molar-refractivity contribution in [2.75, 3.05) is 6.61 Å². The highest BCUT2D eigenvalue weighted by molar-refractivity contribution is 7.17. The number of hydrogen-bond donors (Lipinski definition) is 1. The molecule has 25 heavy (non-hydrogen) atoms. The number of carboxylic acid groups (broad SMARTS) is 1. The normalized spacial score (nSPS) is 11.0. The van der Waals surface area contributed by atoms with Gasteiger partial charge in [0.25, 0.3) is 0 Å². The fourth-order valence-corrected chi connectivity index (χ4v) is 3.16. The summed E-state index contributed by atoms with van der Waals surface area (Å²) < 4.78 is 7.50. The number of benzene rings is 1. The van der Waals surface area contributed by atoms with Crippen LogP contribution in [0.4, 0.5) is 0 Å². The van der Waals surface area contributed by atoms with Crippen LogP contribution in [0, 0.1) is 12.8 Å². The van der Waals surface area contributed by atoms with Gasteiger partial charge in [0, 0.05) is 5.56 Å². The van der Waals surface area contributed by atoms with Gasteiger partial charge in [0.1, 0.15) is 34.0 Å². The predicted molar refractivity (Wildman–Crippen MR) is 94.5 cm³/mol. The predicted octanol–water partition coefficient (Wildman–Crippen LogP) is 3.43. The Hall–Kier alpha value is -2.74. The highest BCUT2D eigenvalue weighted by atomic mass is 32.1. The molecule has 0 amide bonds. The zero-order chi connectivity index (χ0) is 18.0. The summed E-state index contributed by atoms with van der Waals surface area (Å²) >= 11 is 1.15. The van der Waals surface area contributed by atoms with Gasteiger partial charge in [0.05, 0.1) is 12.3 Å². The lowest BCUT2D eigenvalue weighted by Gasteiger charge is -2.13. The standard InChI is InChI=1S/C17H18N4O3S/c1-10(2)7-24-14-5-4-12(6-13(14)21-9-18-8-19-21)16-20-11(3)15(25-16)17(22)23/h4-6,8-10H,7H2,1-3H3,(H,22,23). The Morgan fingerprint density at radius 2 is 2.20 bits per heavy atom. The lowest BCUT2D eigenvalue weighted by atomic mass is 10.2. The number of rotatable bonds is 6. The van der Waals surface area contributed by atoms with Crippen molar-refractivity contribution < 1.29 is 14.6 Å². The minimum Gasteiger partial charge on any atom is -0.491 e. The first-order valence-electron chi connectivity index (χ1n) is 7.78. The van der Waals surface area contributed by atoms with Crippen molar-refractivity contribution in [2.45, 2.75) is 20.8 Å². The maximum absolute atomic E-state index is 11.3. The second-order valence-corrected chi connectivity index (χ2v) is 6.97. The van der Waals surface area contributed by atoms with E-state index in [4.69, 9.17) is 4.74 Å². The number of thiazole rings is 1. The fraction of sp³-hybridized carbons (Fsp3) is 0.294. The van der Waals surface area contributed by atoms with Gasteiger partial charge in [-0.2, -0.15) is 5.10 Å². The van der Waals surface area contributed by atoms with Gasteiger partial charge in [0.2, 0.25) is 0 Å². The van der Waals surface area contributed by atoms with Crippen molar-refractivity contribution in [1.29, 1.82) is 0 Å². The summed E-state index contributed by atoms with van der Waals surface area (Å²) in [4.78, 5) is 19.9. The molecule has 0 aliphatic heterocycles. The minimum absolute atomic E-state index is 0.248. The third kappa shape index (κ3) is 3.69. The molecule has 0 aliphatic rings. The quantitative estimate of drug-likeness (QED) is 0.726. The Bertz CT molecular complexity index is 887. The molecule has 3 rings (SSSR count). The average molecular weight is 358 g/mol. The first kappa shape index (κ1) is 17.1. The van der Waals surface area contributed by atoms with Crippen molar-refractivity contribution in [1.82, 2.24) is 19.7 Å². The molecule has 3 aromatic rings. The first-order chi connectivity index (χ1) is 12.0. The second-order valence-electron chi connectivity index (χ2n) is 5.97. The number of aromatic carboxylic acids is 1. The number of nitrogens with zero attached hydrogens (tertiary/aromatic N) is 4. The topological polar surface area (TPSA) is 90.1 Å². The summed E-state index contributed by atoms with van der Waals surface area (Å²) in [6.07, 6.45) is 3.05. The van der Waals surface area contributed by atoms with Gasteiger partial charge in [0.15, 0.2) is 0 Å². The molecule has 2 heterocycles. The maximum atomic E-state index is 11.3. The summed E-state index contributed by atoms with van der Waals surface area (Å²) in [5.41, 5.74) is 2.05. The molecule has 8 heteroatoms. The maximum Gasteiger partial charge on any atom is 0.347 e. The van der Waals surface area contributed by atoms with Crippen molar-refractivity contribution >= 4 is 17.3 Å². The summed E-state index contributed by atoms with van der Waals surface area (Å²) in [5, 5.41) is 14.0. The van der Waals surface area contributed by atoms with Crippen molar-refractivity contribution in [2.24, 2.45) is 5.92 Å². The Balaban J connectivity index is 2.03. The highest BCUT2D eigenvalue weighted by Crippen LogP contribution is 2.33. The van der Waals surface area contributed by atoms with E-state index in [-0.39, 0.29) is 4.88 Å².